The van der Waals surface area contributed by atoms with Crippen LogP contribution in [0.25, 0.3) is 0 Å². The zero-order chi connectivity index (χ0) is 20.8. The summed E-state index contributed by atoms with van der Waals surface area (Å²) >= 11 is 0. The minimum absolute atomic E-state index is 0.0123. The van der Waals surface area contributed by atoms with E-state index in [9.17, 15) is 9.59 Å². The third-order valence-corrected chi connectivity index (χ3v) is 5.08. The van der Waals surface area contributed by atoms with Crippen LogP contribution < -0.4 is 9.47 Å². The van der Waals surface area contributed by atoms with E-state index in [0.717, 1.165) is 24.1 Å². The van der Waals surface area contributed by atoms with Gasteiger partial charge in [-0.15, -0.1) is 0 Å². The lowest BCUT2D eigenvalue weighted by atomic mass is 9.93. The van der Waals surface area contributed by atoms with Gasteiger partial charge in [-0.3, -0.25) is 4.79 Å². The maximum absolute atomic E-state index is 11.6. The van der Waals surface area contributed by atoms with Gasteiger partial charge >= 0.3 is 6.09 Å². The van der Waals surface area contributed by atoms with Gasteiger partial charge in [0.15, 0.2) is 5.78 Å². The van der Waals surface area contributed by atoms with Crippen LogP contribution in [0.4, 0.5) is 4.79 Å². The maximum Gasteiger partial charge on any atom is 0.407 e. The van der Waals surface area contributed by atoms with Gasteiger partial charge in [-0.1, -0.05) is 18.2 Å². The Kier molecular flexibility index (Phi) is 6.69. The maximum atomic E-state index is 11.6. The third kappa shape index (κ3) is 5.25. The van der Waals surface area contributed by atoms with E-state index in [1.165, 1.54) is 11.8 Å². The average Bonchev–Trinajstić information content (AvgIpc) is 2.73. The molecule has 1 aliphatic heterocycles. The number of rotatable bonds is 7. The van der Waals surface area contributed by atoms with Crippen molar-refractivity contribution >= 4 is 11.9 Å². The predicted molar refractivity (Wildman–Crippen MR) is 108 cm³/mol. The SMILES string of the molecule is CCOc1cc(C(C)=O)ccc1COc1cccc(C2CCN(C(=O)O)CC2)n1. The third-order valence-electron chi connectivity index (χ3n) is 5.08. The van der Waals surface area contributed by atoms with Crippen molar-refractivity contribution in [1.29, 1.82) is 0 Å². The second-order valence-electron chi connectivity index (χ2n) is 7.04. The average molecular weight is 398 g/mol. The first kappa shape index (κ1) is 20.6. The van der Waals surface area contributed by atoms with E-state index in [2.05, 4.69) is 4.98 Å². The number of carbonyl (C=O) groups excluding carboxylic acids is 1. The van der Waals surface area contributed by atoms with E-state index in [1.807, 2.05) is 25.1 Å². The number of hydrogen-bond acceptors (Lipinski definition) is 5. The largest absolute Gasteiger partial charge is 0.493 e. The number of likely N-dealkylation sites (tertiary alicyclic amines) is 1. The van der Waals surface area contributed by atoms with E-state index in [-0.39, 0.29) is 18.3 Å². The molecule has 0 aliphatic carbocycles. The van der Waals surface area contributed by atoms with Gasteiger partial charge in [-0.25, -0.2) is 9.78 Å². The summed E-state index contributed by atoms with van der Waals surface area (Å²) < 4.78 is 11.5. The van der Waals surface area contributed by atoms with Gasteiger partial charge in [-0.05, 0) is 38.8 Å². The van der Waals surface area contributed by atoms with Crippen LogP contribution in [0, 0.1) is 0 Å². The molecule has 1 fully saturated rings. The highest BCUT2D eigenvalue weighted by molar-refractivity contribution is 5.94. The van der Waals surface area contributed by atoms with Crippen molar-refractivity contribution in [3.8, 4) is 11.6 Å². The Morgan fingerprint density at radius 1 is 1.17 bits per heavy atom. The van der Waals surface area contributed by atoms with E-state index < -0.39 is 6.09 Å². The number of carboxylic acid groups (broad SMARTS) is 1. The summed E-state index contributed by atoms with van der Waals surface area (Å²) in [7, 11) is 0. The highest BCUT2D eigenvalue weighted by atomic mass is 16.5. The molecule has 7 heteroatoms. The number of pyridine rings is 1. The summed E-state index contributed by atoms with van der Waals surface area (Å²) in [6.45, 7) is 5.24. The Morgan fingerprint density at radius 2 is 1.93 bits per heavy atom. The topological polar surface area (TPSA) is 89.0 Å². The Morgan fingerprint density at radius 3 is 2.59 bits per heavy atom. The van der Waals surface area contributed by atoms with E-state index in [0.29, 0.717) is 36.9 Å². The smallest absolute Gasteiger partial charge is 0.407 e. The summed E-state index contributed by atoms with van der Waals surface area (Å²) in [4.78, 5) is 28.7. The monoisotopic (exact) mass is 398 g/mol. The highest BCUT2D eigenvalue weighted by Crippen LogP contribution is 2.28. The van der Waals surface area contributed by atoms with Crippen LogP contribution in [0.3, 0.4) is 0 Å². The summed E-state index contributed by atoms with van der Waals surface area (Å²) in [5.41, 5.74) is 2.37. The molecule has 1 saturated heterocycles. The fourth-order valence-corrected chi connectivity index (χ4v) is 3.44. The van der Waals surface area contributed by atoms with Crippen molar-refractivity contribution in [2.75, 3.05) is 19.7 Å². The molecule has 29 heavy (non-hydrogen) atoms. The van der Waals surface area contributed by atoms with Gasteiger partial charge in [0.05, 0.1) is 6.61 Å². The van der Waals surface area contributed by atoms with Gasteiger partial charge in [0.1, 0.15) is 12.4 Å². The molecule has 1 amide bonds. The minimum Gasteiger partial charge on any atom is -0.493 e. The van der Waals surface area contributed by atoms with Crippen molar-refractivity contribution in [3.05, 3.63) is 53.2 Å². The van der Waals surface area contributed by atoms with Crippen molar-refractivity contribution in [2.45, 2.75) is 39.2 Å². The molecule has 0 spiro atoms. The van der Waals surface area contributed by atoms with Gasteiger partial charge in [0.2, 0.25) is 5.88 Å². The highest BCUT2D eigenvalue weighted by Gasteiger charge is 2.24. The molecule has 0 unspecified atom stereocenters. The van der Waals surface area contributed by atoms with Gasteiger partial charge < -0.3 is 19.5 Å². The zero-order valence-corrected chi connectivity index (χ0v) is 16.8. The number of piperidine rings is 1. The Hall–Kier alpha value is -3.09. The number of hydrogen-bond donors (Lipinski definition) is 1. The molecule has 1 aromatic heterocycles. The molecule has 1 aromatic carbocycles. The summed E-state index contributed by atoms with van der Waals surface area (Å²) in [5.74, 6) is 1.36. The number of ether oxygens (including phenoxy) is 2. The van der Waals surface area contributed by atoms with Crippen molar-refractivity contribution in [2.24, 2.45) is 0 Å². The molecule has 0 radical (unpaired) electrons. The minimum atomic E-state index is -0.866. The van der Waals surface area contributed by atoms with Gasteiger partial charge in [-0.2, -0.15) is 0 Å². The quantitative estimate of drug-likeness (QED) is 0.706. The lowest BCUT2D eigenvalue weighted by Gasteiger charge is -2.29. The van der Waals surface area contributed by atoms with E-state index in [1.54, 1.807) is 18.2 Å². The van der Waals surface area contributed by atoms with Crippen LogP contribution in [0.2, 0.25) is 0 Å². The lowest BCUT2D eigenvalue weighted by molar-refractivity contribution is 0.101. The molecule has 0 bridgehead atoms. The molecule has 2 aromatic rings. The number of nitrogens with zero attached hydrogens (tertiary/aromatic N) is 2. The molecule has 0 saturated carbocycles. The van der Waals surface area contributed by atoms with E-state index >= 15 is 0 Å². The molecule has 1 N–H and O–H groups in total. The van der Waals surface area contributed by atoms with Crippen LogP contribution >= 0.6 is 0 Å². The number of ketones is 1. The molecule has 154 valence electrons. The van der Waals surface area contributed by atoms with Crippen LogP contribution in [0.15, 0.2) is 36.4 Å². The molecule has 2 heterocycles. The zero-order valence-electron chi connectivity index (χ0n) is 16.8. The summed E-state index contributed by atoms with van der Waals surface area (Å²) in [6, 6.07) is 11.0. The standard InChI is InChI=1S/C22H26N2O5/c1-3-28-20-13-17(15(2)25)7-8-18(20)14-29-21-6-4-5-19(23-21)16-9-11-24(12-10-16)22(26)27/h4-8,13,16H,3,9-12,14H2,1-2H3,(H,26,27). The number of aromatic nitrogens is 1. The van der Waals surface area contributed by atoms with Crippen LogP contribution in [-0.4, -0.2) is 46.6 Å². The second kappa shape index (κ2) is 9.41. The first-order chi connectivity index (χ1) is 14.0. The normalized spacial score (nSPS) is 14.5. The molecule has 0 atom stereocenters. The summed E-state index contributed by atoms with van der Waals surface area (Å²) in [6.07, 6.45) is 0.641. The molecule has 7 nitrogen and oxygen atoms in total. The van der Waals surface area contributed by atoms with Crippen molar-refractivity contribution in [3.63, 3.8) is 0 Å². The molecular formula is C22H26N2O5. The molecule has 1 aliphatic rings. The fourth-order valence-electron chi connectivity index (χ4n) is 3.44. The van der Waals surface area contributed by atoms with Gasteiger partial charge in [0, 0.05) is 41.9 Å². The van der Waals surface area contributed by atoms with Crippen LogP contribution in [0.1, 0.15) is 54.2 Å². The Balaban J connectivity index is 1.67. The Bertz CT molecular complexity index is 875. The van der Waals surface area contributed by atoms with Crippen LogP contribution in [-0.2, 0) is 6.61 Å². The fraction of sp³-hybridized carbons (Fsp3) is 0.409. The number of benzene rings is 1. The van der Waals surface area contributed by atoms with Crippen molar-refractivity contribution in [1.82, 2.24) is 9.88 Å². The number of Topliss-reactive ketones (excluding diaryl/α,β-unsaturated/α-hetero) is 1. The van der Waals surface area contributed by atoms with E-state index in [4.69, 9.17) is 14.6 Å². The van der Waals surface area contributed by atoms with Crippen LogP contribution in [0.5, 0.6) is 11.6 Å². The summed E-state index contributed by atoms with van der Waals surface area (Å²) in [5, 5.41) is 9.09. The van der Waals surface area contributed by atoms with Gasteiger partial charge in [0.25, 0.3) is 0 Å². The number of amides is 1. The first-order valence-electron chi connectivity index (χ1n) is 9.82. The number of carbonyl (C=O) groups is 2. The lowest BCUT2D eigenvalue weighted by Crippen LogP contribution is -2.36. The predicted octanol–water partition coefficient (Wildman–Crippen LogP) is 4.12. The Labute approximate surface area is 170 Å². The first-order valence-corrected chi connectivity index (χ1v) is 9.82. The molecular weight excluding hydrogens is 372 g/mol. The molecule has 3 rings (SSSR count). The van der Waals surface area contributed by atoms with Crippen molar-refractivity contribution < 1.29 is 24.2 Å². The second-order valence-corrected chi connectivity index (χ2v) is 7.04.